The largest absolute Gasteiger partial charge is 0.385 e. The Hall–Kier alpha value is -1.58. The molecule has 0 aromatic carbocycles. The van der Waals surface area contributed by atoms with E-state index in [1.54, 1.807) is 10.6 Å². The Labute approximate surface area is 76.4 Å². The molecule has 13 heavy (non-hydrogen) atoms. The first kappa shape index (κ1) is 8.04. The van der Waals surface area contributed by atoms with Crippen molar-refractivity contribution >= 4 is 11.6 Å². The molecule has 0 radical (unpaired) electrons. The van der Waals surface area contributed by atoms with E-state index in [4.69, 9.17) is 5.73 Å². The Bertz CT molecular complexity index is 430. The highest BCUT2D eigenvalue weighted by molar-refractivity contribution is 5.43. The summed E-state index contributed by atoms with van der Waals surface area (Å²) in [7, 11) is 0. The average Bonchev–Trinajstić information content (AvgIpc) is 2.51. The molecule has 0 atom stereocenters. The van der Waals surface area contributed by atoms with E-state index in [9.17, 15) is 0 Å². The molecule has 0 bridgehead atoms. The third kappa shape index (κ3) is 1.24. The predicted octanol–water partition coefficient (Wildman–Crippen LogP) is 1.43. The van der Waals surface area contributed by atoms with Gasteiger partial charge in [-0.25, -0.2) is 9.97 Å². The Balaban J connectivity index is 2.70. The van der Waals surface area contributed by atoms with Gasteiger partial charge in [-0.2, -0.15) is 0 Å². The van der Waals surface area contributed by atoms with Gasteiger partial charge in [-0.3, -0.25) is 4.40 Å². The lowest BCUT2D eigenvalue weighted by Gasteiger charge is -2.06. The van der Waals surface area contributed by atoms with Crippen molar-refractivity contribution < 1.29 is 0 Å². The SMILES string of the molecule is CC(C)c1cc(N)n2ccnc2n1. The zero-order valence-corrected chi connectivity index (χ0v) is 7.73. The van der Waals surface area contributed by atoms with Crippen LogP contribution in [0, 0.1) is 0 Å². The minimum atomic E-state index is 0.379. The van der Waals surface area contributed by atoms with Gasteiger partial charge in [0, 0.05) is 18.5 Å². The van der Waals surface area contributed by atoms with Gasteiger partial charge in [0.1, 0.15) is 5.82 Å². The van der Waals surface area contributed by atoms with Crippen LogP contribution in [-0.4, -0.2) is 14.4 Å². The van der Waals surface area contributed by atoms with Crippen molar-refractivity contribution in [2.75, 3.05) is 5.73 Å². The van der Waals surface area contributed by atoms with Crippen molar-refractivity contribution in [3.05, 3.63) is 24.2 Å². The van der Waals surface area contributed by atoms with E-state index in [-0.39, 0.29) is 0 Å². The zero-order chi connectivity index (χ0) is 9.42. The number of imidazole rings is 1. The monoisotopic (exact) mass is 176 g/mol. The van der Waals surface area contributed by atoms with Crippen molar-refractivity contribution in [1.82, 2.24) is 14.4 Å². The molecule has 0 saturated heterocycles. The van der Waals surface area contributed by atoms with Gasteiger partial charge >= 0.3 is 0 Å². The summed E-state index contributed by atoms with van der Waals surface area (Å²) in [6.07, 6.45) is 3.50. The molecule has 2 aromatic rings. The average molecular weight is 176 g/mol. The van der Waals surface area contributed by atoms with E-state index in [0.717, 1.165) is 5.69 Å². The number of nitrogens with zero attached hydrogens (tertiary/aromatic N) is 3. The van der Waals surface area contributed by atoms with Crippen LogP contribution in [0.2, 0.25) is 0 Å². The molecule has 68 valence electrons. The molecule has 0 aliphatic rings. The lowest BCUT2D eigenvalue weighted by Crippen LogP contribution is -2.02. The number of anilines is 1. The normalized spacial score (nSPS) is 11.3. The summed E-state index contributed by atoms with van der Waals surface area (Å²) in [5, 5.41) is 0. The van der Waals surface area contributed by atoms with Crippen LogP contribution in [-0.2, 0) is 0 Å². The topological polar surface area (TPSA) is 56.2 Å². The molecule has 2 N–H and O–H groups in total. The predicted molar refractivity (Wildman–Crippen MR) is 51.5 cm³/mol. The smallest absolute Gasteiger partial charge is 0.235 e. The van der Waals surface area contributed by atoms with E-state index in [1.807, 2.05) is 12.3 Å². The van der Waals surface area contributed by atoms with Crippen LogP contribution >= 0.6 is 0 Å². The summed E-state index contributed by atoms with van der Waals surface area (Å²) in [4.78, 5) is 8.46. The third-order valence-corrected chi connectivity index (χ3v) is 2.02. The van der Waals surface area contributed by atoms with E-state index >= 15 is 0 Å². The number of hydrogen-bond acceptors (Lipinski definition) is 3. The first-order valence-electron chi connectivity index (χ1n) is 4.28. The van der Waals surface area contributed by atoms with Gasteiger partial charge in [0.25, 0.3) is 0 Å². The van der Waals surface area contributed by atoms with Crippen LogP contribution in [0.3, 0.4) is 0 Å². The van der Waals surface area contributed by atoms with Gasteiger partial charge in [-0.15, -0.1) is 0 Å². The van der Waals surface area contributed by atoms with Gasteiger partial charge in [0.2, 0.25) is 5.78 Å². The number of aromatic nitrogens is 3. The molecule has 0 amide bonds. The Morgan fingerprint density at radius 1 is 1.46 bits per heavy atom. The maximum absolute atomic E-state index is 5.82. The molecular weight excluding hydrogens is 164 g/mol. The maximum Gasteiger partial charge on any atom is 0.235 e. The molecule has 0 aliphatic heterocycles. The molecule has 4 nitrogen and oxygen atoms in total. The van der Waals surface area contributed by atoms with Crippen LogP contribution in [0.1, 0.15) is 25.5 Å². The fraction of sp³-hybridized carbons (Fsp3) is 0.333. The second-order valence-electron chi connectivity index (χ2n) is 3.36. The Kier molecular flexibility index (Phi) is 1.69. The van der Waals surface area contributed by atoms with Crippen molar-refractivity contribution in [2.45, 2.75) is 19.8 Å². The highest BCUT2D eigenvalue weighted by Crippen LogP contribution is 2.15. The molecule has 0 fully saturated rings. The first-order valence-corrected chi connectivity index (χ1v) is 4.28. The van der Waals surface area contributed by atoms with Crippen LogP contribution < -0.4 is 5.73 Å². The molecule has 2 heterocycles. The highest BCUT2D eigenvalue weighted by atomic mass is 15.1. The lowest BCUT2D eigenvalue weighted by atomic mass is 10.1. The minimum absolute atomic E-state index is 0.379. The lowest BCUT2D eigenvalue weighted by molar-refractivity contribution is 0.818. The molecular formula is C9H12N4. The summed E-state index contributed by atoms with van der Waals surface area (Å²) in [6.45, 7) is 4.17. The van der Waals surface area contributed by atoms with Crippen molar-refractivity contribution in [3.63, 3.8) is 0 Å². The standard InChI is InChI=1S/C9H12N4/c1-6(2)7-5-8(10)13-4-3-11-9(13)12-7/h3-6H,10H2,1-2H3. The van der Waals surface area contributed by atoms with Crippen LogP contribution in [0.15, 0.2) is 18.5 Å². The van der Waals surface area contributed by atoms with Gasteiger partial charge < -0.3 is 5.73 Å². The summed E-state index contributed by atoms with van der Waals surface area (Å²) in [5.41, 5.74) is 6.80. The molecule has 4 heteroatoms. The summed E-state index contributed by atoms with van der Waals surface area (Å²) >= 11 is 0. The van der Waals surface area contributed by atoms with Crippen molar-refractivity contribution in [2.24, 2.45) is 0 Å². The zero-order valence-electron chi connectivity index (χ0n) is 7.73. The number of nitrogens with two attached hydrogens (primary N) is 1. The number of rotatable bonds is 1. The number of hydrogen-bond donors (Lipinski definition) is 1. The molecule has 0 unspecified atom stereocenters. The molecule has 0 spiro atoms. The molecule has 2 rings (SSSR count). The van der Waals surface area contributed by atoms with Crippen LogP contribution in [0.25, 0.3) is 5.78 Å². The quantitative estimate of drug-likeness (QED) is 0.715. The van der Waals surface area contributed by atoms with Gasteiger partial charge in [0.15, 0.2) is 0 Å². The summed E-state index contributed by atoms with van der Waals surface area (Å²) < 4.78 is 1.77. The fourth-order valence-electron chi connectivity index (χ4n) is 1.24. The number of nitrogen functional groups attached to an aromatic ring is 1. The maximum atomic E-state index is 5.82. The van der Waals surface area contributed by atoms with Crippen LogP contribution in [0.4, 0.5) is 5.82 Å². The summed E-state index contributed by atoms with van der Waals surface area (Å²) in [6, 6.07) is 1.89. The minimum Gasteiger partial charge on any atom is -0.385 e. The Morgan fingerprint density at radius 2 is 2.23 bits per heavy atom. The summed E-state index contributed by atoms with van der Waals surface area (Å²) in [5.74, 6) is 1.74. The van der Waals surface area contributed by atoms with Crippen LogP contribution in [0.5, 0.6) is 0 Å². The Morgan fingerprint density at radius 3 is 2.92 bits per heavy atom. The van der Waals surface area contributed by atoms with Gasteiger partial charge in [-0.1, -0.05) is 13.8 Å². The van der Waals surface area contributed by atoms with Crippen molar-refractivity contribution in [1.29, 1.82) is 0 Å². The van der Waals surface area contributed by atoms with E-state index in [0.29, 0.717) is 17.5 Å². The van der Waals surface area contributed by atoms with E-state index < -0.39 is 0 Å². The second kappa shape index (κ2) is 2.73. The highest BCUT2D eigenvalue weighted by Gasteiger charge is 2.05. The molecule has 2 aromatic heterocycles. The fourth-order valence-corrected chi connectivity index (χ4v) is 1.24. The second-order valence-corrected chi connectivity index (χ2v) is 3.36. The third-order valence-electron chi connectivity index (χ3n) is 2.02. The number of fused-ring (bicyclic) bond motifs is 1. The molecule has 0 saturated carbocycles. The van der Waals surface area contributed by atoms with Gasteiger partial charge in [-0.05, 0) is 5.92 Å². The van der Waals surface area contributed by atoms with Gasteiger partial charge in [0.05, 0.1) is 5.69 Å². The molecule has 0 aliphatic carbocycles. The van der Waals surface area contributed by atoms with E-state index in [1.165, 1.54) is 0 Å². The first-order chi connectivity index (χ1) is 6.18. The van der Waals surface area contributed by atoms with E-state index in [2.05, 4.69) is 23.8 Å². The van der Waals surface area contributed by atoms with Crippen molar-refractivity contribution in [3.8, 4) is 0 Å².